The topological polar surface area (TPSA) is 17.0 Å². The summed E-state index contributed by atoms with van der Waals surface area (Å²) in [5.41, 5.74) is 1.38. The Bertz CT molecular complexity index is 238. The van der Waals surface area contributed by atoms with Crippen LogP contribution in [0, 0.1) is 5.92 Å². The Morgan fingerprint density at radius 2 is 2.23 bits per heavy atom. The van der Waals surface area contributed by atoms with Crippen LogP contribution in [0.5, 0.6) is 0 Å². The maximum absolute atomic E-state index is 3.44. The van der Waals surface area contributed by atoms with Gasteiger partial charge in [0.1, 0.15) is 0 Å². The first-order chi connectivity index (χ1) is 6.24. The van der Waals surface area contributed by atoms with Gasteiger partial charge in [-0.05, 0) is 31.5 Å². The van der Waals surface area contributed by atoms with Crippen molar-refractivity contribution < 1.29 is 0 Å². The molecule has 0 atom stereocenters. The second-order valence-corrected chi connectivity index (χ2v) is 3.81. The van der Waals surface area contributed by atoms with E-state index in [-0.39, 0.29) is 0 Å². The molecular formula is C11H20N2. The van der Waals surface area contributed by atoms with E-state index in [0.29, 0.717) is 0 Å². The second-order valence-electron chi connectivity index (χ2n) is 3.81. The zero-order chi connectivity index (χ0) is 9.68. The van der Waals surface area contributed by atoms with Crippen LogP contribution in [-0.4, -0.2) is 11.1 Å². The molecular weight excluding hydrogens is 160 g/mol. The van der Waals surface area contributed by atoms with Crippen molar-refractivity contribution in [3.8, 4) is 0 Å². The quantitative estimate of drug-likeness (QED) is 0.735. The molecule has 0 saturated heterocycles. The van der Waals surface area contributed by atoms with Crippen molar-refractivity contribution in [2.75, 3.05) is 6.54 Å². The van der Waals surface area contributed by atoms with Crippen LogP contribution in [0.1, 0.15) is 26.5 Å². The highest BCUT2D eigenvalue weighted by Gasteiger charge is 1.98. The number of rotatable bonds is 5. The van der Waals surface area contributed by atoms with Gasteiger partial charge in [-0.2, -0.15) is 0 Å². The Kier molecular flexibility index (Phi) is 4.03. The molecule has 1 aromatic rings. The molecule has 1 N–H and O–H groups in total. The molecule has 0 fully saturated rings. The average molecular weight is 180 g/mol. The van der Waals surface area contributed by atoms with Crippen molar-refractivity contribution in [2.24, 2.45) is 5.92 Å². The average Bonchev–Trinajstić information content (AvgIpc) is 2.51. The molecule has 0 bridgehead atoms. The smallest absolute Gasteiger partial charge is 0.0359 e. The molecule has 1 rings (SSSR count). The normalized spacial score (nSPS) is 11.1. The molecule has 0 amide bonds. The van der Waals surface area contributed by atoms with Crippen LogP contribution in [0.3, 0.4) is 0 Å². The van der Waals surface area contributed by atoms with Gasteiger partial charge in [0, 0.05) is 25.0 Å². The summed E-state index contributed by atoms with van der Waals surface area (Å²) in [5.74, 6) is 0.727. The predicted molar refractivity (Wildman–Crippen MR) is 56.7 cm³/mol. The molecule has 0 unspecified atom stereocenters. The third-order valence-corrected chi connectivity index (χ3v) is 2.12. The van der Waals surface area contributed by atoms with Gasteiger partial charge in [0.25, 0.3) is 0 Å². The Morgan fingerprint density at radius 3 is 2.85 bits per heavy atom. The fourth-order valence-corrected chi connectivity index (χ4v) is 1.41. The lowest BCUT2D eigenvalue weighted by atomic mass is 10.2. The molecule has 2 nitrogen and oxygen atoms in total. The van der Waals surface area contributed by atoms with Crippen LogP contribution >= 0.6 is 0 Å². The van der Waals surface area contributed by atoms with Gasteiger partial charge in [0.05, 0.1) is 0 Å². The maximum atomic E-state index is 3.44. The van der Waals surface area contributed by atoms with Gasteiger partial charge >= 0.3 is 0 Å². The Labute approximate surface area is 81.0 Å². The van der Waals surface area contributed by atoms with Crippen molar-refractivity contribution >= 4 is 0 Å². The van der Waals surface area contributed by atoms with Gasteiger partial charge in [0.15, 0.2) is 0 Å². The first kappa shape index (κ1) is 10.3. The summed E-state index contributed by atoms with van der Waals surface area (Å²) in [5, 5.41) is 3.44. The molecule has 0 aliphatic heterocycles. The monoisotopic (exact) mass is 180 g/mol. The molecule has 1 aromatic heterocycles. The number of hydrogen-bond donors (Lipinski definition) is 1. The lowest BCUT2D eigenvalue weighted by molar-refractivity contribution is 0.537. The molecule has 13 heavy (non-hydrogen) atoms. The van der Waals surface area contributed by atoms with Crippen molar-refractivity contribution in [1.29, 1.82) is 0 Å². The third-order valence-electron chi connectivity index (χ3n) is 2.12. The predicted octanol–water partition coefficient (Wildman–Crippen LogP) is 2.25. The maximum Gasteiger partial charge on any atom is 0.0359 e. The van der Waals surface area contributed by atoms with Gasteiger partial charge in [-0.3, -0.25) is 0 Å². The molecule has 2 heteroatoms. The highest BCUT2D eigenvalue weighted by atomic mass is 15.0. The molecule has 0 radical (unpaired) electrons. The molecule has 0 saturated carbocycles. The second kappa shape index (κ2) is 5.07. The standard InChI is InChI=1S/C11H20N2/c1-4-13-7-5-6-11(13)9-12-8-10(2)3/h5-7,10,12H,4,8-9H2,1-3H3. The minimum absolute atomic E-state index is 0.727. The third kappa shape index (κ3) is 3.23. The van der Waals surface area contributed by atoms with Gasteiger partial charge < -0.3 is 9.88 Å². The summed E-state index contributed by atoms with van der Waals surface area (Å²) >= 11 is 0. The Morgan fingerprint density at radius 1 is 1.46 bits per heavy atom. The van der Waals surface area contributed by atoms with Gasteiger partial charge in [-0.15, -0.1) is 0 Å². The molecule has 74 valence electrons. The highest BCUT2D eigenvalue weighted by molar-refractivity contribution is 5.06. The van der Waals surface area contributed by atoms with Crippen molar-refractivity contribution in [3.05, 3.63) is 24.0 Å². The van der Waals surface area contributed by atoms with E-state index in [2.05, 4.69) is 49.0 Å². The van der Waals surface area contributed by atoms with Crippen LogP contribution in [0.4, 0.5) is 0 Å². The van der Waals surface area contributed by atoms with E-state index >= 15 is 0 Å². The molecule has 0 aliphatic rings. The van der Waals surface area contributed by atoms with Crippen LogP contribution in [0.2, 0.25) is 0 Å². The van der Waals surface area contributed by atoms with E-state index in [1.807, 2.05) is 0 Å². The molecule has 1 heterocycles. The number of aryl methyl sites for hydroxylation is 1. The highest BCUT2D eigenvalue weighted by Crippen LogP contribution is 2.01. The van der Waals surface area contributed by atoms with Crippen molar-refractivity contribution in [3.63, 3.8) is 0 Å². The van der Waals surface area contributed by atoms with Crippen LogP contribution in [0.25, 0.3) is 0 Å². The van der Waals surface area contributed by atoms with E-state index in [9.17, 15) is 0 Å². The zero-order valence-corrected chi connectivity index (χ0v) is 8.88. The molecule has 0 aliphatic carbocycles. The van der Waals surface area contributed by atoms with Gasteiger partial charge in [-0.1, -0.05) is 13.8 Å². The van der Waals surface area contributed by atoms with Crippen LogP contribution < -0.4 is 5.32 Å². The summed E-state index contributed by atoms with van der Waals surface area (Å²) in [6.07, 6.45) is 2.13. The van der Waals surface area contributed by atoms with E-state index in [1.165, 1.54) is 5.69 Å². The SMILES string of the molecule is CCn1cccc1CNCC(C)C. The van der Waals surface area contributed by atoms with E-state index in [1.54, 1.807) is 0 Å². The first-order valence-electron chi connectivity index (χ1n) is 5.08. The summed E-state index contributed by atoms with van der Waals surface area (Å²) < 4.78 is 2.27. The first-order valence-corrected chi connectivity index (χ1v) is 5.08. The number of aromatic nitrogens is 1. The lowest BCUT2D eigenvalue weighted by Gasteiger charge is -2.09. The van der Waals surface area contributed by atoms with Gasteiger partial charge in [0.2, 0.25) is 0 Å². The summed E-state index contributed by atoms with van der Waals surface area (Å²) in [7, 11) is 0. The minimum Gasteiger partial charge on any atom is -0.351 e. The lowest BCUT2D eigenvalue weighted by Crippen LogP contribution is -2.20. The van der Waals surface area contributed by atoms with E-state index in [0.717, 1.165) is 25.6 Å². The summed E-state index contributed by atoms with van der Waals surface area (Å²) in [4.78, 5) is 0. The van der Waals surface area contributed by atoms with Gasteiger partial charge in [-0.25, -0.2) is 0 Å². The fourth-order valence-electron chi connectivity index (χ4n) is 1.41. The fraction of sp³-hybridized carbons (Fsp3) is 0.636. The Hall–Kier alpha value is -0.760. The summed E-state index contributed by atoms with van der Waals surface area (Å²) in [6.45, 7) is 9.77. The summed E-state index contributed by atoms with van der Waals surface area (Å²) in [6, 6.07) is 4.28. The molecule has 0 spiro atoms. The molecule has 0 aromatic carbocycles. The zero-order valence-electron chi connectivity index (χ0n) is 8.88. The van der Waals surface area contributed by atoms with Crippen molar-refractivity contribution in [1.82, 2.24) is 9.88 Å². The van der Waals surface area contributed by atoms with E-state index < -0.39 is 0 Å². The number of hydrogen-bond acceptors (Lipinski definition) is 1. The number of nitrogens with one attached hydrogen (secondary N) is 1. The van der Waals surface area contributed by atoms with E-state index in [4.69, 9.17) is 0 Å². The van der Waals surface area contributed by atoms with Crippen LogP contribution in [0.15, 0.2) is 18.3 Å². The number of nitrogens with zero attached hydrogens (tertiary/aromatic N) is 1. The minimum atomic E-state index is 0.727. The van der Waals surface area contributed by atoms with Crippen LogP contribution in [-0.2, 0) is 13.1 Å². The Balaban J connectivity index is 2.36. The van der Waals surface area contributed by atoms with Crippen molar-refractivity contribution in [2.45, 2.75) is 33.9 Å². The largest absolute Gasteiger partial charge is 0.351 e.